The summed E-state index contributed by atoms with van der Waals surface area (Å²) in [5.41, 5.74) is 0.757. The summed E-state index contributed by atoms with van der Waals surface area (Å²) < 4.78 is 6.04. The predicted octanol–water partition coefficient (Wildman–Crippen LogP) is 5.90. The largest absolute Gasteiger partial charge is 0.379 e. The molecule has 1 fully saturated rings. The van der Waals surface area contributed by atoms with Crippen LogP contribution < -0.4 is 10.6 Å². The maximum Gasteiger partial charge on any atom is 0.245 e. The Morgan fingerprint density at radius 2 is 1.63 bits per heavy atom. The van der Waals surface area contributed by atoms with Crippen molar-refractivity contribution in [1.29, 1.82) is 0 Å². The van der Waals surface area contributed by atoms with Crippen LogP contribution >= 0.6 is 11.8 Å². The molecule has 4 amide bonds. The molecule has 11 heteroatoms. The van der Waals surface area contributed by atoms with Gasteiger partial charge in [0.15, 0.2) is 0 Å². The van der Waals surface area contributed by atoms with Crippen LogP contribution in [0.2, 0.25) is 0 Å². The molecule has 1 aliphatic rings. The fourth-order valence-electron chi connectivity index (χ4n) is 7.65. The van der Waals surface area contributed by atoms with Crippen molar-refractivity contribution in [3.8, 4) is 0 Å². The number of rotatable bonds is 18. The Bertz CT molecular complexity index is 1460. The van der Waals surface area contributed by atoms with Gasteiger partial charge >= 0.3 is 0 Å². The molecule has 2 N–H and O–H groups in total. The highest BCUT2D eigenvalue weighted by molar-refractivity contribution is 7.99. The molecule has 2 aromatic carbocycles. The first-order valence-electron chi connectivity index (χ1n) is 18.5. The second-order valence-electron chi connectivity index (χ2n) is 15.1. The lowest BCUT2D eigenvalue weighted by Crippen LogP contribution is -2.59. The molecule has 1 heterocycles. The van der Waals surface area contributed by atoms with Gasteiger partial charge in [-0.15, -0.1) is 0 Å². The summed E-state index contributed by atoms with van der Waals surface area (Å²) in [6.45, 7) is 12.6. The van der Waals surface area contributed by atoms with E-state index in [-0.39, 0.29) is 71.6 Å². The number of amides is 4. The topological polar surface area (TPSA) is 111 Å². The Balaban J connectivity index is 1.75. The van der Waals surface area contributed by atoms with E-state index in [0.29, 0.717) is 6.54 Å². The summed E-state index contributed by atoms with van der Waals surface area (Å²) in [4.78, 5) is 60.5. The predicted molar refractivity (Wildman–Crippen MR) is 210 cm³/mol. The van der Waals surface area contributed by atoms with Gasteiger partial charge in [-0.3, -0.25) is 24.1 Å². The SMILES string of the molecule is CCC(C)C(C(CC(=O)N1CCCC1C(CC(=O)Nc1ccc2ccccc2c1)SC)OC)N(C)C(=O)C(NC(=O)C(C(C)C)N(C)C)C(C)C. The van der Waals surface area contributed by atoms with Crippen molar-refractivity contribution in [2.45, 2.75) is 109 Å². The molecule has 1 saturated heterocycles. The van der Waals surface area contributed by atoms with Gasteiger partial charge in [-0.05, 0) is 73.9 Å². The molecule has 10 nitrogen and oxygen atoms in total. The van der Waals surface area contributed by atoms with E-state index in [1.165, 1.54) is 0 Å². The number of hydrogen-bond donors (Lipinski definition) is 2. The molecule has 3 rings (SSSR count). The number of carbonyl (C=O) groups is 4. The number of ether oxygens (including phenoxy) is 1. The van der Waals surface area contributed by atoms with Crippen LogP contribution in [0.5, 0.6) is 0 Å². The Morgan fingerprint density at radius 3 is 2.20 bits per heavy atom. The fraction of sp³-hybridized carbons (Fsp3) is 0.650. The molecule has 7 atom stereocenters. The highest BCUT2D eigenvalue weighted by Gasteiger charge is 2.41. The third-order valence-corrected chi connectivity index (χ3v) is 11.6. The Hall–Kier alpha value is -3.15. The minimum atomic E-state index is -0.727. The lowest BCUT2D eigenvalue weighted by atomic mass is 9.89. The van der Waals surface area contributed by atoms with Gasteiger partial charge in [-0.2, -0.15) is 11.8 Å². The first kappa shape index (κ1) is 42.3. The molecule has 0 bridgehead atoms. The van der Waals surface area contributed by atoms with Crippen molar-refractivity contribution in [2.24, 2.45) is 17.8 Å². The second kappa shape index (κ2) is 19.6. The van der Waals surface area contributed by atoms with E-state index < -0.39 is 18.2 Å². The zero-order valence-electron chi connectivity index (χ0n) is 32.8. The summed E-state index contributed by atoms with van der Waals surface area (Å²) in [5, 5.41) is 8.23. The molecule has 0 aromatic heterocycles. The van der Waals surface area contributed by atoms with Gasteiger partial charge in [0.05, 0.1) is 24.6 Å². The smallest absolute Gasteiger partial charge is 0.245 e. The maximum absolute atomic E-state index is 14.2. The number of methoxy groups -OCH3 is 1. The van der Waals surface area contributed by atoms with Gasteiger partial charge in [-0.25, -0.2) is 0 Å². The number of hydrogen-bond acceptors (Lipinski definition) is 7. The average molecular weight is 726 g/mol. The Kier molecular flexibility index (Phi) is 16.3. The van der Waals surface area contributed by atoms with E-state index in [1.54, 1.807) is 30.8 Å². The molecule has 0 radical (unpaired) electrons. The van der Waals surface area contributed by atoms with Crippen LogP contribution in [-0.4, -0.2) is 115 Å². The van der Waals surface area contributed by atoms with Crippen molar-refractivity contribution >= 4 is 51.9 Å². The van der Waals surface area contributed by atoms with E-state index in [2.05, 4.69) is 24.5 Å². The highest BCUT2D eigenvalue weighted by Crippen LogP contribution is 2.31. The Morgan fingerprint density at radius 1 is 0.961 bits per heavy atom. The number of fused-ring (bicyclic) bond motifs is 1. The molecule has 0 saturated carbocycles. The summed E-state index contributed by atoms with van der Waals surface area (Å²) in [6, 6.07) is 12.4. The normalized spacial score (nSPS) is 18.4. The number of likely N-dealkylation sites (tertiary alicyclic amines) is 1. The third kappa shape index (κ3) is 10.9. The first-order chi connectivity index (χ1) is 24.1. The number of carbonyl (C=O) groups excluding carboxylic acids is 4. The number of thioether (sulfide) groups is 1. The first-order valence-corrected chi connectivity index (χ1v) is 19.8. The van der Waals surface area contributed by atoms with Gasteiger partial charge in [0.1, 0.15) is 6.04 Å². The lowest BCUT2D eigenvalue weighted by molar-refractivity contribution is -0.146. The third-order valence-electron chi connectivity index (χ3n) is 10.5. The van der Waals surface area contributed by atoms with Gasteiger partial charge in [-0.1, -0.05) is 78.3 Å². The van der Waals surface area contributed by atoms with Crippen LogP contribution in [0.25, 0.3) is 10.8 Å². The van der Waals surface area contributed by atoms with E-state index in [9.17, 15) is 19.2 Å². The van der Waals surface area contributed by atoms with Crippen LogP contribution in [0.4, 0.5) is 5.69 Å². The van der Waals surface area contributed by atoms with Crippen LogP contribution in [0.3, 0.4) is 0 Å². The average Bonchev–Trinajstić information content (AvgIpc) is 3.58. The molecular formula is C40H63N5O5S. The summed E-state index contributed by atoms with van der Waals surface area (Å²) in [7, 11) is 7.10. The van der Waals surface area contributed by atoms with Crippen molar-refractivity contribution in [3.63, 3.8) is 0 Å². The van der Waals surface area contributed by atoms with E-state index in [0.717, 1.165) is 35.7 Å². The maximum atomic E-state index is 14.2. The van der Waals surface area contributed by atoms with Gasteiger partial charge in [0.25, 0.3) is 0 Å². The van der Waals surface area contributed by atoms with Crippen molar-refractivity contribution in [3.05, 3.63) is 42.5 Å². The van der Waals surface area contributed by atoms with Crippen molar-refractivity contribution < 1.29 is 23.9 Å². The molecule has 1 aliphatic heterocycles. The van der Waals surface area contributed by atoms with E-state index >= 15 is 0 Å². The van der Waals surface area contributed by atoms with Crippen LogP contribution in [0, 0.1) is 17.8 Å². The molecule has 0 aliphatic carbocycles. The number of benzene rings is 2. The number of nitrogens with zero attached hydrogens (tertiary/aromatic N) is 3. The van der Waals surface area contributed by atoms with Crippen LogP contribution in [0.1, 0.15) is 73.6 Å². The number of likely N-dealkylation sites (N-methyl/N-ethyl adjacent to an activating group) is 2. The fourth-order valence-corrected chi connectivity index (χ4v) is 8.57. The number of anilines is 1. The number of nitrogens with one attached hydrogen (secondary N) is 2. The summed E-state index contributed by atoms with van der Waals surface area (Å²) in [6.07, 6.45) is 4.31. The van der Waals surface area contributed by atoms with Crippen LogP contribution in [-0.2, 0) is 23.9 Å². The minimum Gasteiger partial charge on any atom is -0.379 e. The minimum absolute atomic E-state index is 0.0255. The van der Waals surface area contributed by atoms with Crippen molar-refractivity contribution in [2.75, 3.05) is 46.4 Å². The second-order valence-corrected chi connectivity index (χ2v) is 16.1. The molecule has 7 unspecified atom stereocenters. The van der Waals surface area contributed by atoms with Gasteiger partial charge in [0, 0.05) is 44.1 Å². The molecular weight excluding hydrogens is 663 g/mol. The summed E-state index contributed by atoms with van der Waals surface area (Å²) >= 11 is 1.62. The van der Waals surface area contributed by atoms with Crippen LogP contribution in [0.15, 0.2) is 42.5 Å². The van der Waals surface area contributed by atoms with E-state index in [1.807, 2.05) is 100 Å². The molecule has 0 spiro atoms. The van der Waals surface area contributed by atoms with Gasteiger partial charge < -0.3 is 25.2 Å². The monoisotopic (exact) mass is 725 g/mol. The zero-order valence-corrected chi connectivity index (χ0v) is 33.6. The lowest BCUT2D eigenvalue weighted by Gasteiger charge is -2.41. The molecule has 51 heavy (non-hydrogen) atoms. The van der Waals surface area contributed by atoms with E-state index in [4.69, 9.17) is 4.74 Å². The Labute approximate surface area is 310 Å². The molecule has 2 aromatic rings. The standard InChI is InChI=1S/C40H63N5O5S/c1-12-27(6)38(44(9)40(49)36(25(2)3)42-39(48)37(26(4)5)43(7)8)32(50-10)23-35(47)45-21-15-18-31(45)33(51-11)24-34(46)41-30-20-19-28-16-13-14-17-29(28)22-30/h13-14,16-17,19-20,22,25-27,31-33,36-38H,12,15,18,21,23-24H2,1-11H3,(H,41,46)(H,42,48). The van der Waals surface area contributed by atoms with Crippen molar-refractivity contribution in [1.82, 2.24) is 20.0 Å². The summed E-state index contributed by atoms with van der Waals surface area (Å²) in [5.74, 6) is -0.540. The van der Waals surface area contributed by atoms with Gasteiger partial charge in [0.2, 0.25) is 23.6 Å². The zero-order chi connectivity index (χ0) is 38.0. The highest BCUT2D eigenvalue weighted by atomic mass is 32.2. The molecule has 284 valence electrons. The quantitative estimate of drug-likeness (QED) is 0.197.